The van der Waals surface area contributed by atoms with E-state index in [0.29, 0.717) is 28.6 Å². The monoisotopic (exact) mass is 1140 g/mol. The highest BCUT2D eigenvalue weighted by molar-refractivity contribution is 6.12. The highest BCUT2D eigenvalue weighted by atomic mass is 15.1. The van der Waals surface area contributed by atoms with Crippen LogP contribution in [-0.2, 0) is 0 Å². The molecule has 1 atom stereocenters. The van der Waals surface area contributed by atoms with Crippen molar-refractivity contribution in [1.82, 2.24) is 19.5 Å². The van der Waals surface area contributed by atoms with Crippen LogP contribution in [0.4, 0.5) is 0 Å². The largest absolute Gasteiger partial charge is 0.308 e. The minimum atomic E-state index is -0.232. The van der Waals surface area contributed by atoms with Gasteiger partial charge in [0.1, 0.15) is 0 Å². The van der Waals surface area contributed by atoms with E-state index in [9.17, 15) is 10.5 Å². The summed E-state index contributed by atoms with van der Waals surface area (Å²) < 4.78 is 2.37. The molecule has 416 valence electrons. The Bertz CT molecular complexity index is 5150. The first kappa shape index (κ1) is 53.0. The maximum absolute atomic E-state index is 9.92. The molecule has 16 rings (SSSR count). The van der Waals surface area contributed by atoms with Crippen molar-refractivity contribution in [3.05, 3.63) is 337 Å². The third-order valence-electron chi connectivity index (χ3n) is 17.5. The number of nitriles is 2. The fraction of sp³-hybridized carbons (Fsp3) is 0.0119. The van der Waals surface area contributed by atoms with Crippen molar-refractivity contribution in [2.24, 2.45) is 0 Å². The third kappa shape index (κ3) is 9.54. The average Bonchev–Trinajstić information content (AvgIpc) is 1.58. The van der Waals surface area contributed by atoms with Crippen molar-refractivity contribution in [2.75, 3.05) is 0 Å². The van der Waals surface area contributed by atoms with Crippen LogP contribution in [0.3, 0.4) is 0 Å². The molecular formula is C84H50N6. The molecule has 90 heavy (non-hydrogen) atoms. The summed E-state index contributed by atoms with van der Waals surface area (Å²) >= 11 is 0. The smallest absolute Gasteiger partial charge is 0.166 e. The van der Waals surface area contributed by atoms with Gasteiger partial charge in [0.25, 0.3) is 0 Å². The van der Waals surface area contributed by atoms with Gasteiger partial charge in [0.15, 0.2) is 17.5 Å². The zero-order valence-corrected chi connectivity index (χ0v) is 48.6. The van der Waals surface area contributed by atoms with Crippen LogP contribution in [0.5, 0.6) is 0 Å². The molecule has 0 spiro atoms. The minimum absolute atomic E-state index is 0.232. The average molecular weight is 1140 g/mol. The van der Waals surface area contributed by atoms with E-state index in [1.165, 1.54) is 11.1 Å². The van der Waals surface area contributed by atoms with Gasteiger partial charge < -0.3 is 4.57 Å². The van der Waals surface area contributed by atoms with Gasteiger partial charge in [0.2, 0.25) is 0 Å². The predicted molar refractivity (Wildman–Crippen MR) is 363 cm³/mol. The standard InChI is InChI=1S/C84H50N6/c85-52-54-26-30-60(31-27-54)65-36-42-71(81-69-40-34-63(56-16-6-1-7-17-56)46-72(69)73-47-64(35-41-70(73)81)57-18-8-2-9-19-57)76(50-65)83-87-82(62-24-14-5-15-25-62)88-84(89-83)77-51-68(61-32-28-55(53-86)29-33-61)39-45-80(77)90-78-43-37-66(58-20-10-3-11-21-58)48-74(78)75-49-67(38-44-79(75)90)59-22-12-4-13-23-59/h1,3-8,10-51,81H. The van der Waals surface area contributed by atoms with E-state index in [0.717, 1.165) is 128 Å². The van der Waals surface area contributed by atoms with E-state index in [4.69, 9.17) is 15.0 Å². The molecule has 0 fully saturated rings. The summed E-state index contributed by atoms with van der Waals surface area (Å²) in [6.45, 7) is 0. The molecule has 15 aromatic rings. The van der Waals surface area contributed by atoms with Crippen LogP contribution in [0.25, 0.3) is 140 Å². The molecule has 0 amide bonds. The van der Waals surface area contributed by atoms with Gasteiger partial charge in [-0.2, -0.15) is 10.5 Å². The highest BCUT2D eigenvalue weighted by Gasteiger charge is 2.34. The van der Waals surface area contributed by atoms with Crippen molar-refractivity contribution in [1.29, 1.82) is 10.5 Å². The molecule has 13 aromatic carbocycles. The van der Waals surface area contributed by atoms with Crippen LogP contribution >= 0.6 is 0 Å². The van der Waals surface area contributed by atoms with Crippen molar-refractivity contribution < 1.29 is 0 Å². The predicted octanol–water partition coefficient (Wildman–Crippen LogP) is 20.5. The van der Waals surface area contributed by atoms with E-state index in [2.05, 4.69) is 247 Å². The molecule has 0 radical (unpaired) electrons. The molecule has 6 nitrogen and oxygen atoms in total. The Morgan fingerprint density at radius 1 is 0.300 bits per heavy atom. The van der Waals surface area contributed by atoms with Gasteiger partial charge in [-0.15, -0.1) is 0 Å². The van der Waals surface area contributed by atoms with Crippen molar-refractivity contribution in [3.63, 3.8) is 0 Å². The molecule has 6 heteroatoms. The zero-order valence-electron chi connectivity index (χ0n) is 48.6. The lowest BCUT2D eigenvalue weighted by atomic mass is 9.84. The number of hydrogen-bond acceptors (Lipinski definition) is 5. The van der Waals surface area contributed by atoms with Gasteiger partial charge in [-0.25, -0.2) is 15.0 Å². The Hall–Kier alpha value is -12.5. The number of hydrogen-bond donors (Lipinski definition) is 0. The Labute approximate surface area is 521 Å². The van der Waals surface area contributed by atoms with Gasteiger partial charge in [-0.05, 0) is 192 Å². The second-order valence-corrected chi connectivity index (χ2v) is 22.7. The van der Waals surface area contributed by atoms with Gasteiger partial charge in [-0.1, -0.05) is 212 Å². The minimum Gasteiger partial charge on any atom is -0.308 e. The third-order valence-corrected chi connectivity index (χ3v) is 17.5. The summed E-state index contributed by atoms with van der Waals surface area (Å²) in [4.78, 5) is 16.9. The van der Waals surface area contributed by atoms with Crippen molar-refractivity contribution >= 4 is 21.8 Å². The summed E-state index contributed by atoms with van der Waals surface area (Å²) in [6.07, 6.45) is 0. The lowest BCUT2D eigenvalue weighted by Gasteiger charge is -2.21. The fourth-order valence-electron chi connectivity index (χ4n) is 13.1. The zero-order chi connectivity index (χ0) is 60.1. The number of nitrogens with zero attached hydrogens (tertiary/aromatic N) is 6. The Morgan fingerprint density at radius 3 is 1.13 bits per heavy atom. The van der Waals surface area contributed by atoms with Gasteiger partial charge in [0, 0.05) is 33.4 Å². The Morgan fingerprint density at radius 2 is 0.667 bits per heavy atom. The number of aromatic nitrogens is 4. The Balaban J connectivity index is 0.966. The fourth-order valence-corrected chi connectivity index (χ4v) is 13.1. The molecular weight excluding hydrogens is 1090 g/mol. The molecule has 0 saturated heterocycles. The summed E-state index contributed by atoms with van der Waals surface area (Å²) in [6, 6.07) is 115. The second-order valence-electron chi connectivity index (χ2n) is 22.7. The maximum atomic E-state index is 9.92. The number of fused-ring (bicyclic) bond motifs is 6. The van der Waals surface area contributed by atoms with E-state index < -0.39 is 0 Å². The molecule has 2 aromatic heterocycles. The molecule has 1 unspecified atom stereocenters. The van der Waals surface area contributed by atoms with Crippen LogP contribution in [0.2, 0.25) is 0 Å². The van der Waals surface area contributed by atoms with Crippen LogP contribution in [0.15, 0.2) is 297 Å². The Kier molecular flexibility index (Phi) is 13.2. The highest BCUT2D eigenvalue weighted by Crippen LogP contribution is 2.53. The molecule has 0 bridgehead atoms. The number of rotatable bonds is 11. The first-order valence-corrected chi connectivity index (χ1v) is 30.0. The number of benzene rings is 12. The summed E-state index contributed by atoms with van der Waals surface area (Å²) in [7, 11) is 0. The topological polar surface area (TPSA) is 91.2 Å². The lowest BCUT2D eigenvalue weighted by molar-refractivity contribution is 1.00. The van der Waals surface area contributed by atoms with Crippen LogP contribution in [-0.4, -0.2) is 19.5 Å². The first-order valence-electron chi connectivity index (χ1n) is 30.0. The lowest BCUT2D eigenvalue weighted by Crippen LogP contribution is -2.07. The van der Waals surface area contributed by atoms with Crippen LogP contribution in [0.1, 0.15) is 33.7 Å². The van der Waals surface area contributed by atoms with Gasteiger partial charge in [-0.3, -0.25) is 0 Å². The molecule has 0 aliphatic heterocycles. The van der Waals surface area contributed by atoms with Crippen molar-refractivity contribution in [3.8, 4) is 130 Å². The van der Waals surface area contributed by atoms with Gasteiger partial charge in [0.05, 0.1) is 40.0 Å². The SMILES string of the molecule is N#Cc1ccc(-c2ccc(C3c4ccc(-c5cc#ccc5)cc4-c4cc(-c5ccccc5)ccc43)c(-c3nc(-c4ccccc4)nc(-c4cc(-c5ccc(C#N)cc5)ccc4-n4c5ccc(-c6ccccc6)cc5c5cc(-c6ccccc6)ccc54)n3)c2)cc1. The van der Waals surface area contributed by atoms with E-state index in [1.807, 2.05) is 78.9 Å². The quantitative estimate of drug-likeness (QED) is 0.129. The van der Waals surface area contributed by atoms with E-state index >= 15 is 0 Å². The molecule has 2 heterocycles. The maximum Gasteiger partial charge on any atom is 0.166 e. The van der Waals surface area contributed by atoms with E-state index in [1.54, 1.807) is 0 Å². The van der Waals surface area contributed by atoms with Crippen molar-refractivity contribution in [2.45, 2.75) is 5.92 Å². The summed E-state index contributed by atoms with van der Waals surface area (Å²) in [5, 5.41) is 22.1. The molecule has 1 aliphatic carbocycles. The summed E-state index contributed by atoms with van der Waals surface area (Å²) in [5.41, 5.74) is 25.0. The molecule has 0 saturated carbocycles. The van der Waals surface area contributed by atoms with Gasteiger partial charge >= 0.3 is 0 Å². The molecule has 0 N–H and O–H groups in total. The molecule has 1 aliphatic rings. The second kappa shape index (κ2) is 22.4. The summed E-state index contributed by atoms with van der Waals surface area (Å²) in [5.74, 6) is 1.27. The van der Waals surface area contributed by atoms with Crippen LogP contribution < -0.4 is 0 Å². The first-order chi connectivity index (χ1) is 44.5. The van der Waals surface area contributed by atoms with E-state index in [-0.39, 0.29) is 5.92 Å². The normalized spacial score (nSPS) is 11.6. The van der Waals surface area contributed by atoms with Crippen LogP contribution in [0, 0.1) is 34.8 Å².